The van der Waals surface area contributed by atoms with Crippen molar-refractivity contribution >= 4 is 39.6 Å². The third kappa shape index (κ3) is 3.88. The number of nitrogens with one attached hydrogen (secondary N) is 2. The number of carbonyl (C=O) groups is 1. The van der Waals surface area contributed by atoms with E-state index in [4.69, 9.17) is 0 Å². The molecule has 2 heterocycles. The summed E-state index contributed by atoms with van der Waals surface area (Å²) in [4.78, 5) is 22.7. The highest BCUT2D eigenvalue weighted by atomic mass is 32.1. The van der Waals surface area contributed by atoms with Crippen molar-refractivity contribution in [3.63, 3.8) is 0 Å². The molecule has 0 fully saturated rings. The lowest BCUT2D eigenvalue weighted by atomic mass is 10.2. The van der Waals surface area contributed by atoms with Gasteiger partial charge in [0.05, 0.1) is 0 Å². The minimum Gasteiger partial charge on any atom is -0.378 e. The lowest BCUT2D eigenvalue weighted by molar-refractivity contribution is 0.102. The molecule has 1 amide bonds. The zero-order valence-corrected chi connectivity index (χ0v) is 14.2. The summed E-state index contributed by atoms with van der Waals surface area (Å²) in [5.74, 6) is 0.455. The molecule has 0 aliphatic carbocycles. The first-order valence-electron chi connectivity index (χ1n) is 7.34. The molecule has 2 N–H and O–H groups in total. The molecule has 1 aromatic carbocycles. The lowest BCUT2D eigenvalue weighted by Crippen LogP contribution is -2.13. The predicted octanol–water partition coefficient (Wildman–Crippen LogP) is 3.60. The van der Waals surface area contributed by atoms with Crippen LogP contribution in [0.5, 0.6) is 0 Å². The second-order valence-electron chi connectivity index (χ2n) is 5.27. The summed E-state index contributed by atoms with van der Waals surface area (Å²) in [6, 6.07) is 13.2. The Labute approximate surface area is 144 Å². The molecule has 6 nitrogen and oxygen atoms in total. The van der Waals surface area contributed by atoms with E-state index in [1.54, 1.807) is 11.6 Å². The van der Waals surface area contributed by atoms with Crippen molar-refractivity contribution in [1.82, 2.24) is 9.97 Å². The molecular weight excluding hydrogens is 322 g/mol. The van der Waals surface area contributed by atoms with Crippen LogP contribution in [0.25, 0.3) is 0 Å². The summed E-state index contributed by atoms with van der Waals surface area (Å²) in [5.41, 5.74) is 2.18. The average Bonchev–Trinajstić information content (AvgIpc) is 3.05. The quantitative estimate of drug-likeness (QED) is 0.743. The molecule has 0 saturated heterocycles. The van der Waals surface area contributed by atoms with Gasteiger partial charge in [-0.15, -0.1) is 11.3 Å². The number of carbonyl (C=O) groups excluding carboxylic acids is 1. The fourth-order valence-corrected chi connectivity index (χ4v) is 2.72. The smallest absolute Gasteiger partial charge is 0.275 e. The van der Waals surface area contributed by atoms with E-state index in [1.807, 2.05) is 61.5 Å². The minimum absolute atomic E-state index is 0.238. The van der Waals surface area contributed by atoms with Gasteiger partial charge in [-0.3, -0.25) is 4.79 Å². The number of amides is 1. The number of aromatic nitrogens is 2. The van der Waals surface area contributed by atoms with Crippen LogP contribution in [0.15, 0.2) is 54.0 Å². The van der Waals surface area contributed by atoms with Gasteiger partial charge >= 0.3 is 0 Å². The largest absolute Gasteiger partial charge is 0.378 e. The molecule has 0 bridgehead atoms. The van der Waals surface area contributed by atoms with Gasteiger partial charge in [-0.05, 0) is 36.4 Å². The molecule has 24 heavy (non-hydrogen) atoms. The van der Waals surface area contributed by atoms with Crippen LogP contribution in [-0.4, -0.2) is 30.0 Å². The molecule has 3 rings (SSSR count). The SMILES string of the molecule is CN(C)c1ccc(NC(=O)c2csc(Nc3ccccn3)n2)cc1. The molecule has 122 valence electrons. The van der Waals surface area contributed by atoms with Crippen molar-refractivity contribution < 1.29 is 4.79 Å². The maximum Gasteiger partial charge on any atom is 0.275 e. The van der Waals surface area contributed by atoms with E-state index >= 15 is 0 Å². The molecule has 3 aromatic rings. The minimum atomic E-state index is -0.238. The van der Waals surface area contributed by atoms with Gasteiger partial charge in [-0.2, -0.15) is 0 Å². The van der Waals surface area contributed by atoms with Crippen molar-refractivity contribution in [1.29, 1.82) is 0 Å². The Morgan fingerprint density at radius 2 is 1.92 bits per heavy atom. The number of anilines is 4. The zero-order chi connectivity index (χ0) is 16.9. The molecule has 0 unspecified atom stereocenters. The monoisotopic (exact) mass is 339 g/mol. The number of pyridine rings is 1. The topological polar surface area (TPSA) is 70.2 Å². The van der Waals surface area contributed by atoms with Gasteiger partial charge in [-0.1, -0.05) is 6.07 Å². The van der Waals surface area contributed by atoms with E-state index in [0.717, 1.165) is 11.4 Å². The normalized spacial score (nSPS) is 10.2. The van der Waals surface area contributed by atoms with Gasteiger partial charge < -0.3 is 15.5 Å². The third-order valence-electron chi connectivity index (χ3n) is 3.28. The summed E-state index contributed by atoms with van der Waals surface area (Å²) in [6.07, 6.45) is 1.70. The van der Waals surface area contributed by atoms with Gasteiger partial charge in [0.15, 0.2) is 5.13 Å². The number of nitrogens with zero attached hydrogens (tertiary/aromatic N) is 3. The van der Waals surface area contributed by atoms with Crippen LogP contribution in [0.4, 0.5) is 22.3 Å². The van der Waals surface area contributed by atoms with Crippen molar-refractivity contribution in [3.05, 3.63) is 59.7 Å². The Hall–Kier alpha value is -2.93. The van der Waals surface area contributed by atoms with E-state index in [9.17, 15) is 4.79 Å². The average molecular weight is 339 g/mol. The number of thiazole rings is 1. The molecule has 7 heteroatoms. The summed E-state index contributed by atoms with van der Waals surface area (Å²) >= 11 is 1.36. The molecular formula is C17H17N5OS. The van der Waals surface area contributed by atoms with Crippen molar-refractivity contribution in [3.8, 4) is 0 Å². The van der Waals surface area contributed by atoms with E-state index in [-0.39, 0.29) is 5.91 Å². The second kappa shape index (κ2) is 7.10. The Kier molecular flexibility index (Phi) is 4.72. The van der Waals surface area contributed by atoms with E-state index in [1.165, 1.54) is 11.3 Å². The first kappa shape index (κ1) is 15.9. The highest BCUT2D eigenvalue weighted by molar-refractivity contribution is 7.14. The summed E-state index contributed by atoms with van der Waals surface area (Å²) in [6.45, 7) is 0. The predicted molar refractivity (Wildman–Crippen MR) is 98.4 cm³/mol. The Morgan fingerprint density at radius 3 is 2.58 bits per heavy atom. The maximum absolute atomic E-state index is 12.3. The third-order valence-corrected chi connectivity index (χ3v) is 4.04. The van der Waals surface area contributed by atoms with Gasteiger partial charge in [0.2, 0.25) is 0 Å². The molecule has 0 atom stereocenters. The van der Waals surface area contributed by atoms with Crippen molar-refractivity contribution in [2.75, 3.05) is 29.6 Å². The van der Waals surface area contributed by atoms with E-state index < -0.39 is 0 Å². The van der Waals surface area contributed by atoms with Crippen molar-refractivity contribution in [2.45, 2.75) is 0 Å². The number of rotatable bonds is 5. The number of benzene rings is 1. The molecule has 0 aliphatic rings. The number of hydrogen-bond acceptors (Lipinski definition) is 6. The highest BCUT2D eigenvalue weighted by Crippen LogP contribution is 2.21. The summed E-state index contributed by atoms with van der Waals surface area (Å²) < 4.78 is 0. The van der Waals surface area contributed by atoms with Gasteiger partial charge in [0.1, 0.15) is 11.5 Å². The Bertz CT molecular complexity index is 815. The standard InChI is InChI=1S/C17H17N5OS/c1-22(2)13-8-6-12(7-9-13)19-16(23)14-11-24-17(20-14)21-15-5-3-4-10-18-15/h3-11H,1-2H3,(H,19,23)(H,18,20,21). The van der Waals surface area contributed by atoms with Crippen LogP contribution in [0.1, 0.15) is 10.5 Å². The fourth-order valence-electron chi connectivity index (χ4n) is 2.02. The second-order valence-corrected chi connectivity index (χ2v) is 6.13. The van der Waals surface area contributed by atoms with E-state index in [0.29, 0.717) is 16.6 Å². The highest BCUT2D eigenvalue weighted by Gasteiger charge is 2.11. The Morgan fingerprint density at radius 1 is 1.12 bits per heavy atom. The molecule has 0 aliphatic heterocycles. The zero-order valence-electron chi connectivity index (χ0n) is 13.4. The van der Waals surface area contributed by atoms with Crippen LogP contribution >= 0.6 is 11.3 Å². The number of hydrogen-bond donors (Lipinski definition) is 2. The summed E-state index contributed by atoms with van der Waals surface area (Å²) in [5, 5.41) is 8.26. The van der Waals surface area contributed by atoms with Gasteiger partial charge in [0, 0.05) is 37.0 Å². The molecule has 0 saturated carbocycles. The van der Waals surface area contributed by atoms with E-state index in [2.05, 4.69) is 20.6 Å². The first-order chi connectivity index (χ1) is 11.6. The Balaban J connectivity index is 1.65. The molecule has 2 aromatic heterocycles. The van der Waals surface area contributed by atoms with Crippen LogP contribution in [0.3, 0.4) is 0 Å². The fraction of sp³-hybridized carbons (Fsp3) is 0.118. The van der Waals surface area contributed by atoms with Crippen LogP contribution in [0, 0.1) is 0 Å². The maximum atomic E-state index is 12.3. The van der Waals surface area contributed by atoms with Crippen LogP contribution < -0.4 is 15.5 Å². The molecule has 0 spiro atoms. The first-order valence-corrected chi connectivity index (χ1v) is 8.22. The lowest BCUT2D eigenvalue weighted by Gasteiger charge is -2.12. The van der Waals surface area contributed by atoms with Crippen LogP contribution in [0.2, 0.25) is 0 Å². The van der Waals surface area contributed by atoms with Crippen molar-refractivity contribution in [2.24, 2.45) is 0 Å². The summed E-state index contributed by atoms with van der Waals surface area (Å²) in [7, 11) is 3.94. The molecule has 0 radical (unpaired) electrons. The van der Waals surface area contributed by atoms with Crippen LogP contribution in [-0.2, 0) is 0 Å². The van der Waals surface area contributed by atoms with Gasteiger partial charge in [0.25, 0.3) is 5.91 Å². The van der Waals surface area contributed by atoms with Gasteiger partial charge in [-0.25, -0.2) is 9.97 Å².